The van der Waals surface area contributed by atoms with Crippen molar-refractivity contribution in [2.75, 3.05) is 5.32 Å². The minimum absolute atomic E-state index is 0.00847. The summed E-state index contributed by atoms with van der Waals surface area (Å²) in [6.45, 7) is 0.213. The number of nitrogens with one attached hydrogen (secondary N) is 1. The van der Waals surface area contributed by atoms with E-state index < -0.39 is 11.7 Å². The van der Waals surface area contributed by atoms with E-state index in [1.807, 2.05) is 0 Å². The smallest absolute Gasteiger partial charge is 0.417 e. The Morgan fingerprint density at radius 2 is 1.76 bits per heavy atom. The predicted molar refractivity (Wildman–Crippen MR) is 82.3 cm³/mol. The fourth-order valence-electron chi connectivity index (χ4n) is 1.75. The van der Waals surface area contributed by atoms with Crippen molar-refractivity contribution in [1.82, 2.24) is 0 Å². The molecule has 2 aromatic carbocycles. The molecule has 0 spiro atoms. The normalized spacial score (nSPS) is 11.5. The Kier molecular flexibility index (Phi) is 4.83. The molecular weight excluding hydrogens is 415 g/mol. The number of hydrogen-bond acceptors (Lipinski definition) is 2. The lowest BCUT2D eigenvalue weighted by Gasteiger charge is -2.13. The number of rotatable bonds is 3. The van der Waals surface area contributed by atoms with Crippen LogP contribution in [0.1, 0.15) is 11.1 Å². The fourth-order valence-corrected chi connectivity index (χ4v) is 2.63. The highest BCUT2D eigenvalue weighted by atomic mass is 79.9. The molecule has 2 nitrogen and oxygen atoms in total. The molecule has 2 aromatic rings. The van der Waals surface area contributed by atoms with E-state index in [4.69, 9.17) is 0 Å². The lowest BCUT2D eigenvalue weighted by Crippen LogP contribution is -2.07. The second kappa shape index (κ2) is 6.27. The Morgan fingerprint density at radius 1 is 1.05 bits per heavy atom. The van der Waals surface area contributed by atoms with E-state index in [2.05, 4.69) is 37.2 Å². The topological polar surface area (TPSA) is 32.3 Å². The molecule has 0 unspecified atom stereocenters. The Hall–Kier alpha value is -1.21. The third-order valence-electron chi connectivity index (χ3n) is 2.80. The molecule has 0 saturated heterocycles. The zero-order valence-electron chi connectivity index (χ0n) is 10.5. The number of hydrogen-bond donors (Lipinski definition) is 2. The van der Waals surface area contributed by atoms with E-state index in [0.29, 0.717) is 11.3 Å². The fraction of sp³-hybridized carbons (Fsp3) is 0.143. The number of halogens is 5. The van der Waals surface area contributed by atoms with Crippen LogP contribution in [0.2, 0.25) is 0 Å². The van der Waals surface area contributed by atoms with E-state index >= 15 is 0 Å². The highest BCUT2D eigenvalue weighted by molar-refractivity contribution is 9.10. The monoisotopic (exact) mass is 423 g/mol. The van der Waals surface area contributed by atoms with Crippen LogP contribution < -0.4 is 5.32 Å². The second-order valence-electron chi connectivity index (χ2n) is 4.32. The van der Waals surface area contributed by atoms with Gasteiger partial charge in [0.1, 0.15) is 5.75 Å². The highest BCUT2D eigenvalue weighted by Gasteiger charge is 2.33. The van der Waals surface area contributed by atoms with Gasteiger partial charge in [-0.25, -0.2) is 0 Å². The molecule has 0 aromatic heterocycles. The minimum atomic E-state index is -4.42. The van der Waals surface area contributed by atoms with Crippen LogP contribution in [-0.2, 0) is 12.7 Å². The Bertz CT molecular complexity index is 659. The number of benzene rings is 2. The molecule has 7 heteroatoms. The molecular formula is C14H10Br2F3NO. The molecule has 0 aliphatic heterocycles. The van der Waals surface area contributed by atoms with Gasteiger partial charge in [-0.3, -0.25) is 0 Å². The van der Waals surface area contributed by atoms with Crippen molar-refractivity contribution < 1.29 is 18.3 Å². The third kappa shape index (κ3) is 4.14. The van der Waals surface area contributed by atoms with Crippen LogP contribution in [0, 0.1) is 0 Å². The van der Waals surface area contributed by atoms with E-state index in [9.17, 15) is 18.3 Å². The molecule has 0 heterocycles. The number of aromatic hydroxyl groups is 1. The van der Waals surface area contributed by atoms with E-state index in [0.717, 1.165) is 10.5 Å². The van der Waals surface area contributed by atoms with Gasteiger partial charge in [0.05, 0.1) is 5.56 Å². The molecule has 2 rings (SSSR count). The van der Waals surface area contributed by atoms with Crippen molar-refractivity contribution in [3.63, 3.8) is 0 Å². The summed E-state index contributed by atoms with van der Waals surface area (Å²) in [6.07, 6.45) is -4.42. The van der Waals surface area contributed by atoms with Gasteiger partial charge in [0.15, 0.2) is 0 Å². The summed E-state index contributed by atoms with van der Waals surface area (Å²) in [5, 5.41) is 12.6. The SMILES string of the molecule is Oc1ccc(Br)cc1CNc1ccc(Br)c(C(F)(F)F)c1. The Labute approximate surface area is 136 Å². The zero-order valence-corrected chi connectivity index (χ0v) is 13.7. The van der Waals surface area contributed by atoms with Crippen LogP contribution >= 0.6 is 31.9 Å². The molecule has 0 saturated carbocycles. The van der Waals surface area contributed by atoms with Gasteiger partial charge < -0.3 is 10.4 Å². The summed E-state index contributed by atoms with van der Waals surface area (Å²) in [4.78, 5) is 0. The largest absolute Gasteiger partial charge is 0.508 e. The van der Waals surface area contributed by atoms with Gasteiger partial charge in [-0.1, -0.05) is 31.9 Å². The van der Waals surface area contributed by atoms with Crippen molar-refractivity contribution in [1.29, 1.82) is 0 Å². The van der Waals surface area contributed by atoms with Gasteiger partial charge in [0.25, 0.3) is 0 Å². The first-order valence-corrected chi connectivity index (χ1v) is 7.44. The third-order valence-corrected chi connectivity index (χ3v) is 3.98. The maximum absolute atomic E-state index is 12.8. The first kappa shape index (κ1) is 16.2. The van der Waals surface area contributed by atoms with Crippen LogP contribution in [0.3, 0.4) is 0 Å². The molecule has 0 fully saturated rings. The van der Waals surface area contributed by atoms with E-state index in [-0.39, 0.29) is 16.8 Å². The van der Waals surface area contributed by atoms with Crippen molar-refractivity contribution in [3.05, 3.63) is 56.5 Å². The van der Waals surface area contributed by atoms with Crippen LogP contribution in [0.5, 0.6) is 5.75 Å². The zero-order chi connectivity index (χ0) is 15.6. The maximum Gasteiger partial charge on any atom is 0.417 e. The van der Waals surface area contributed by atoms with Crippen LogP contribution in [0.25, 0.3) is 0 Å². The van der Waals surface area contributed by atoms with Gasteiger partial charge in [-0.2, -0.15) is 13.2 Å². The van der Waals surface area contributed by atoms with Gasteiger partial charge in [-0.15, -0.1) is 0 Å². The number of alkyl halides is 3. The summed E-state index contributed by atoms with van der Waals surface area (Å²) < 4.78 is 39.2. The molecule has 0 aliphatic rings. The second-order valence-corrected chi connectivity index (χ2v) is 6.09. The summed E-state index contributed by atoms with van der Waals surface area (Å²) >= 11 is 6.17. The average molecular weight is 425 g/mol. The summed E-state index contributed by atoms with van der Waals surface area (Å²) in [5.41, 5.74) is 0.164. The first-order valence-electron chi connectivity index (χ1n) is 5.85. The van der Waals surface area contributed by atoms with E-state index in [1.165, 1.54) is 18.2 Å². The summed E-state index contributed by atoms with van der Waals surface area (Å²) in [6, 6.07) is 8.80. The van der Waals surface area contributed by atoms with E-state index in [1.54, 1.807) is 12.1 Å². The quantitative estimate of drug-likeness (QED) is 0.677. The number of phenols is 1. The van der Waals surface area contributed by atoms with Crippen LogP contribution in [0.4, 0.5) is 18.9 Å². The first-order chi connectivity index (χ1) is 9.77. The van der Waals surface area contributed by atoms with Crippen molar-refractivity contribution in [3.8, 4) is 5.75 Å². The molecule has 0 amide bonds. The molecule has 0 bridgehead atoms. The van der Waals surface area contributed by atoms with Gasteiger partial charge in [0.2, 0.25) is 0 Å². The lowest BCUT2D eigenvalue weighted by atomic mass is 10.1. The Balaban J connectivity index is 2.19. The molecule has 0 radical (unpaired) electrons. The van der Waals surface area contributed by atoms with Crippen molar-refractivity contribution in [2.45, 2.75) is 12.7 Å². The molecule has 0 atom stereocenters. The molecule has 0 aliphatic carbocycles. The summed E-state index contributed by atoms with van der Waals surface area (Å²) in [7, 11) is 0. The Morgan fingerprint density at radius 3 is 2.43 bits per heavy atom. The maximum atomic E-state index is 12.8. The van der Waals surface area contributed by atoms with Gasteiger partial charge in [-0.05, 0) is 36.4 Å². The highest BCUT2D eigenvalue weighted by Crippen LogP contribution is 2.36. The average Bonchev–Trinajstić information content (AvgIpc) is 2.40. The molecule has 112 valence electrons. The lowest BCUT2D eigenvalue weighted by molar-refractivity contribution is -0.138. The van der Waals surface area contributed by atoms with Crippen molar-refractivity contribution >= 4 is 37.5 Å². The number of anilines is 1. The van der Waals surface area contributed by atoms with Gasteiger partial charge >= 0.3 is 6.18 Å². The molecule has 21 heavy (non-hydrogen) atoms. The standard InChI is InChI=1S/C14H10Br2F3NO/c15-9-1-4-13(21)8(5-9)7-20-10-2-3-12(16)11(6-10)14(17,18)19/h1-6,20-21H,7H2. The van der Waals surface area contributed by atoms with Crippen LogP contribution in [0.15, 0.2) is 45.3 Å². The number of phenolic OH excluding ortho intramolecular Hbond substituents is 1. The minimum Gasteiger partial charge on any atom is -0.508 e. The predicted octanol–water partition coefficient (Wildman–Crippen LogP) is 5.55. The van der Waals surface area contributed by atoms with Crippen LogP contribution in [-0.4, -0.2) is 5.11 Å². The molecule has 2 N–H and O–H groups in total. The summed E-state index contributed by atoms with van der Waals surface area (Å²) in [5.74, 6) is 0.0823. The van der Waals surface area contributed by atoms with Crippen molar-refractivity contribution in [2.24, 2.45) is 0 Å². The van der Waals surface area contributed by atoms with Gasteiger partial charge in [0, 0.05) is 26.7 Å².